The minimum absolute atomic E-state index is 0.0525. The zero-order valence-corrected chi connectivity index (χ0v) is 20.4. The van der Waals surface area contributed by atoms with Gasteiger partial charge in [-0.05, 0) is 61.4 Å². The van der Waals surface area contributed by atoms with Gasteiger partial charge in [0, 0.05) is 12.6 Å². The molecule has 1 saturated heterocycles. The molecule has 8 nitrogen and oxygen atoms in total. The summed E-state index contributed by atoms with van der Waals surface area (Å²) < 4.78 is 52.9. The van der Waals surface area contributed by atoms with Crippen molar-refractivity contribution in [1.29, 1.82) is 0 Å². The molecule has 1 amide bonds. The van der Waals surface area contributed by atoms with E-state index in [4.69, 9.17) is 9.15 Å². The number of carbonyl (C=O) groups is 1. The quantitative estimate of drug-likeness (QED) is 0.362. The van der Waals surface area contributed by atoms with E-state index in [-0.39, 0.29) is 18.0 Å². The molecule has 0 bridgehead atoms. The van der Waals surface area contributed by atoms with Gasteiger partial charge in [-0.2, -0.15) is 4.31 Å². The number of fused-ring (bicyclic) bond motifs is 1. The molecule has 1 aliphatic heterocycles. The highest BCUT2D eigenvalue weighted by Crippen LogP contribution is 2.35. The number of aromatic nitrogens is 1. The van der Waals surface area contributed by atoms with Gasteiger partial charge in [0.05, 0.1) is 35.0 Å². The molecule has 5 rings (SSSR count). The van der Waals surface area contributed by atoms with Crippen LogP contribution in [0.4, 0.5) is 9.52 Å². The number of carbonyl (C=O) groups excluding carboxylic acids is 1. The lowest BCUT2D eigenvalue weighted by molar-refractivity contribution is -0.121. The first kappa shape index (κ1) is 23.5. The summed E-state index contributed by atoms with van der Waals surface area (Å²) >= 11 is 1.33. The molecule has 2 aromatic heterocycles. The van der Waals surface area contributed by atoms with Crippen LogP contribution in [0, 0.1) is 5.82 Å². The summed E-state index contributed by atoms with van der Waals surface area (Å²) in [4.78, 5) is 19.9. The lowest BCUT2D eigenvalue weighted by Gasteiger charge is -2.28. The Bertz CT molecular complexity index is 1450. The fourth-order valence-electron chi connectivity index (χ4n) is 4.13. The van der Waals surface area contributed by atoms with Crippen LogP contribution in [0.25, 0.3) is 10.2 Å². The van der Waals surface area contributed by atoms with E-state index < -0.39 is 27.8 Å². The number of ether oxygens (including phenoxy) is 1. The van der Waals surface area contributed by atoms with Crippen LogP contribution in [0.1, 0.15) is 18.6 Å². The first-order valence-corrected chi connectivity index (χ1v) is 13.2. The maximum absolute atomic E-state index is 13.9. The summed E-state index contributed by atoms with van der Waals surface area (Å²) in [6.45, 7) is 0.297. The monoisotopic (exact) mass is 515 g/mol. The van der Waals surface area contributed by atoms with E-state index in [0.717, 1.165) is 16.8 Å². The number of benzene rings is 2. The standard InChI is InChI=1S/C24H22FN3O5S2/c1-32-17-8-11-22-20(14-17)26-24(34-22)27(15-18-4-3-13-33-18)23(29)21-5-2-12-28(21)35(30,31)19-9-6-16(25)7-10-19/h3-4,6-11,13-14,21H,2,5,12,15H2,1H3. The van der Waals surface area contributed by atoms with Crippen molar-refractivity contribution in [3.63, 3.8) is 0 Å². The zero-order valence-electron chi connectivity index (χ0n) is 18.8. The highest BCUT2D eigenvalue weighted by molar-refractivity contribution is 7.89. The van der Waals surface area contributed by atoms with Crippen LogP contribution in [0.3, 0.4) is 0 Å². The second-order valence-corrected chi connectivity index (χ2v) is 11.0. The number of hydrogen-bond acceptors (Lipinski definition) is 7. The van der Waals surface area contributed by atoms with Gasteiger partial charge in [-0.25, -0.2) is 17.8 Å². The van der Waals surface area contributed by atoms with Crippen molar-refractivity contribution in [2.45, 2.75) is 30.3 Å². The van der Waals surface area contributed by atoms with Gasteiger partial charge < -0.3 is 9.15 Å². The first-order chi connectivity index (χ1) is 16.9. The Morgan fingerprint density at radius 3 is 2.77 bits per heavy atom. The molecular formula is C24H22FN3O5S2. The molecule has 35 heavy (non-hydrogen) atoms. The number of halogens is 1. The van der Waals surface area contributed by atoms with Crippen molar-refractivity contribution in [2.24, 2.45) is 0 Å². The maximum atomic E-state index is 13.9. The van der Waals surface area contributed by atoms with Gasteiger partial charge in [0.2, 0.25) is 15.9 Å². The number of rotatable bonds is 7. The number of hydrogen-bond donors (Lipinski definition) is 0. The number of amides is 1. The average Bonchev–Trinajstić information content (AvgIpc) is 3.62. The minimum Gasteiger partial charge on any atom is -0.497 e. The predicted octanol–water partition coefficient (Wildman–Crippen LogP) is 4.42. The highest BCUT2D eigenvalue weighted by atomic mass is 32.2. The van der Waals surface area contributed by atoms with Crippen LogP contribution in [-0.2, 0) is 21.4 Å². The van der Waals surface area contributed by atoms with E-state index in [1.165, 1.54) is 38.9 Å². The van der Waals surface area contributed by atoms with Crippen molar-refractivity contribution in [3.05, 3.63) is 72.4 Å². The third-order valence-corrected chi connectivity index (χ3v) is 8.87. The Morgan fingerprint density at radius 2 is 2.06 bits per heavy atom. The minimum atomic E-state index is -4.00. The van der Waals surface area contributed by atoms with Gasteiger partial charge in [-0.3, -0.25) is 9.69 Å². The van der Waals surface area contributed by atoms with Crippen molar-refractivity contribution in [3.8, 4) is 5.75 Å². The molecule has 0 N–H and O–H groups in total. The average molecular weight is 516 g/mol. The lowest BCUT2D eigenvalue weighted by atomic mass is 10.2. The van der Waals surface area contributed by atoms with Crippen LogP contribution in [-0.4, -0.2) is 43.3 Å². The van der Waals surface area contributed by atoms with Crippen molar-refractivity contribution in [1.82, 2.24) is 9.29 Å². The number of thiazole rings is 1. The molecular weight excluding hydrogens is 493 g/mol. The maximum Gasteiger partial charge on any atom is 0.247 e. The molecule has 0 aliphatic carbocycles. The molecule has 182 valence electrons. The number of anilines is 1. The van der Waals surface area contributed by atoms with E-state index in [0.29, 0.717) is 35.0 Å². The highest BCUT2D eigenvalue weighted by Gasteiger charge is 2.42. The van der Waals surface area contributed by atoms with Crippen LogP contribution >= 0.6 is 11.3 Å². The summed E-state index contributed by atoms with van der Waals surface area (Å²) in [5, 5.41) is 0.431. The fourth-order valence-corrected chi connectivity index (χ4v) is 6.73. The second kappa shape index (κ2) is 9.40. The van der Waals surface area contributed by atoms with E-state index in [2.05, 4.69) is 4.98 Å². The third-order valence-electron chi connectivity index (χ3n) is 5.88. The lowest BCUT2D eigenvalue weighted by Crippen LogP contribution is -2.47. The Labute approximate surface area is 205 Å². The number of methoxy groups -OCH3 is 1. The van der Waals surface area contributed by atoms with E-state index in [1.54, 1.807) is 25.3 Å². The normalized spacial score (nSPS) is 16.6. The Balaban J connectivity index is 1.51. The van der Waals surface area contributed by atoms with Crippen LogP contribution in [0.2, 0.25) is 0 Å². The first-order valence-electron chi connectivity index (χ1n) is 10.9. The Hall–Kier alpha value is -3.28. The number of nitrogens with zero attached hydrogens (tertiary/aromatic N) is 3. The molecule has 3 heterocycles. The second-order valence-electron chi connectivity index (χ2n) is 8.06. The summed E-state index contributed by atoms with van der Waals surface area (Å²) in [6.07, 6.45) is 2.41. The van der Waals surface area contributed by atoms with E-state index in [9.17, 15) is 17.6 Å². The van der Waals surface area contributed by atoms with Crippen LogP contribution < -0.4 is 9.64 Å². The van der Waals surface area contributed by atoms with Gasteiger partial charge in [0.25, 0.3) is 0 Å². The molecule has 11 heteroatoms. The molecule has 1 unspecified atom stereocenters. The summed E-state index contributed by atoms with van der Waals surface area (Å²) in [6, 6.07) is 12.6. The van der Waals surface area contributed by atoms with E-state index in [1.807, 2.05) is 12.1 Å². The van der Waals surface area contributed by atoms with E-state index >= 15 is 0 Å². The van der Waals surface area contributed by atoms with Gasteiger partial charge in [0.1, 0.15) is 23.4 Å². The number of furan rings is 1. The van der Waals surface area contributed by atoms with Gasteiger partial charge in [-0.15, -0.1) is 0 Å². The third kappa shape index (κ3) is 4.54. The van der Waals surface area contributed by atoms with Crippen molar-refractivity contribution in [2.75, 3.05) is 18.6 Å². The molecule has 4 aromatic rings. The topological polar surface area (TPSA) is 93.0 Å². The van der Waals surface area contributed by atoms with Crippen LogP contribution in [0.5, 0.6) is 5.75 Å². The summed E-state index contributed by atoms with van der Waals surface area (Å²) in [5.74, 6) is 0.262. The van der Waals surface area contributed by atoms with Crippen molar-refractivity contribution >= 4 is 42.6 Å². The van der Waals surface area contributed by atoms with Crippen molar-refractivity contribution < 1.29 is 26.8 Å². The zero-order chi connectivity index (χ0) is 24.6. The molecule has 1 fully saturated rings. The number of sulfonamides is 1. The van der Waals surface area contributed by atoms with Gasteiger partial charge in [0.15, 0.2) is 5.13 Å². The molecule has 0 spiro atoms. The van der Waals surface area contributed by atoms with Gasteiger partial charge >= 0.3 is 0 Å². The molecule has 2 aromatic carbocycles. The Morgan fingerprint density at radius 1 is 1.26 bits per heavy atom. The largest absolute Gasteiger partial charge is 0.497 e. The summed E-state index contributed by atoms with van der Waals surface area (Å²) in [7, 11) is -2.43. The molecule has 0 saturated carbocycles. The predicted molar refractivity (Wildman–Crippen MR) is 129 cm³/mol. The SMILES string of the molecule is COc1ccc2sc(N(Cc3ccco3)C(=O)C3CCCN3S(=O)(=O)c3ccc(F)cc3)nc2c1. The smallest absolute Gasteiger partial charge is 0.247 e. The molecule has 1 aliphatic rings. The summed E-state index contributed by atoms with van der Waals surface area (Å²) in [5.41, 5.74) is 0.670. The van der Waals surface area contributed by atoms with Gasteiger partial charge in [-0.1, -0.05) is 11.3 Å². The fraction of sp³-hybridized carbons (Fsp3) is 0.250. The molecule has 0 radical (unpaired) electrons. The Kier molecular flexibility index (Phi) is 6.30. The molecule has 1 atom stereocenters. The van der Waals surface area contributed by atoms with Crippen LogP contribution in [0.15, 0.2) is 70.2 Å².